The highest BCUT2D eigenvalue weighted by Gasteiger charge is 2.09. The third-order valence-corrected chi connectivity index (χ3v) is 2.55. The van der Waals surface area contributed by atoms with Crippen LogP contribution in [0.3, 0.4) is 0 Å². The Bertz CT molecular complexity index is 586. The van der Waals surface area contributed by atoms with Gasteiger partial charge in [-0.15, -0.1) is 0 Å². The second-order valence-corrected chi connectivity index (χ2v) is 3.80. The number of rotatable bonds is 2. The first-order chi connectivity index (χ1) is 8.08. The van der Waals surface area contributed by atoms with E-state index in [4.69, 9.17) is 16.7 Å². The predicted molar refractivity (Wildman–Crippen MR) is 61.6 cm³/mol. The quantitative estimate of drug-likeness (QED) is 0.891. The van der Waals surface area contributed by atoms with E-state index in [2.05, 4.69) is 4.98 Å². The molecular formula is C12H7ClFNO2. The van der Waals surface area contributed by atoms with Crippen molar-refractivity contribution < 1.29 is 14.3 Å². The molecule has 0 aliphatic heterocycles. The summed E-state index contributed by atoms with van der Waals surface area (Å²) < 4.78 is 13.1. The monoisotopic (exact) mass is 251 g/mol. The van der Waals surface area contributed by atoms with Gasteiger partial charge in [-0.05, 0) is 24.3 Å². The van der Waals surface area contributed by atoms with Crippen LogP contribution in [0.1, 0.15) is 10.4 Å². The average molecular weight is 252 g/mol. The molecule has 0 amide bonds. The maximum atomic E-state index is 13.1. The van der Waals surface area contributed by atoms with Crippen molar-refractivity contribution in [1.29, 1.82) is 0 Å². The van der Waals surface area contributed by atoms with Crippen molar-refractivity contribution in [2.75, 3.05) is 0 Å². The van der Waals surface area contributed by atoms with Crippen molar-refractivity contribution >= 4 is 17.6 Å². The van der Waals surface area contributed by atoms with Crippen LogP contribution >= 0.6 is 11.6 Å². The van der Waals surface area contributed by atoms with E-state index in [-0.39, 0.29) is 5.56 Å². The third-order valence-electron chi connectivity index (χ3n) is 2.22. The summed E-state index contributed by atoms with van der Waals surface area (Å²) in [5.74, 6) is -1.53. The number of halogens is 2. The van der Waals surface area contributed by atoms with Gasteiger partial charge in [0.1, 0.15) is 5.82 Å². The zero-order valence-electron chi connectivity index (χ0n) is 8.52. The summed E-state index contributed by atoms with van der Waals surface area (Å²) in [5.41, 5.74) is 0.916. The third kappa shape index (κ3) is 2.42. The first-order valence-corrected chi connectivity index (χ1v) is 5.09. The van der Waals surface area contributed by atoms with Crippen LogP contribution in [0.5, 0.6) is 0 Å². The van der Waals surface area contributed by atoms with E-state index in [1.807, 2.05) is 0 Å². The standard InChI is InChI=1S/C12H7ClFNO2/c13-11-2-1-9(14)4-10(11)7-3-8(12(16)17)6-15-5-7/h1-6H,(H,16,17). The SMILES string of the molecule is O=C(O)c1cncc(-c2cc(F)ccc2Cl)c1. The lowest BCUT2D eigenvalue weighted by Gasteiger charge is -2.05. The molecule has 0 atom stereocenters. The molecule has 0 saturated heterocycles. The maximum absolute atomic E-state index is 13.1. The van der Waals surface area contributed by atoms with Crippen LogP contribution in [0, 0.1) is 5.82 Å². The predicted octanol–water partition coefficient (Wildman–Crippen LogP) is 3.24. The summed E-state index contributed by atoms with van der Waals surface area (Å²) in [6.45, 7) is 0. The van der Waals surface area contributed by atoms with Gasteiger partial charge < -0.3 is 5.11 Å². The fourth-order valence-electron chi connectivity index (χ4n) is 1.42. The molecule has 0 saturated carbocycles. The van der Waals surface area contributed by atoms with E-state index >= 15 is 0 Å². The van der Waals surface area contributed by atoms with Crippen molar-refractivity contribution in [3.63, 3.8) is 0 Å². The molecule has 17 heavy (non-hydrogen) atoms. The lowest BCUT2D eigenvalue weighted by Crippen LogP contribution is -1.97. The lowest BCUT2D eigenvalue weighted by atomic mass is 10.1. The molecule has 5 heteroatoms. The first kappa shape index (κ1) is 11.5. The summed E-state index contributed by atoms with van der Waals surface area (Å²) in [4.78, 5) is 14.6. The number of aromatic nitrogens is 1. The van der Waals surface area contributed by atoms with Gasteiger partial charge in [0.05, 0.1) is 5.56 Å². The number of hydrogen-bond donors (Lipinski definition) is 1. The Kier molecular flexibility index (Phi) is 3.06. The van der Waals surface area contributed by atoms with Crippen LogP contribution in [0.15, 0.2) is 36.7 Å². The molecule has 3 nitrogen and oxygen atoms in total. The minimum atomic E-state index is -1.09. The van der Waals surface area contributed by atoms with Crippen LogP contribution in [-0.4, -0.2) is 16.1 Å². The van der Waals surface area contributed by atoms with E-state index in [0.29, 0.717) is 16.1 Å². The molecule has 2 rings (SSSR count). The molecule has 1 aromatic carbocycles. The summed E-state index contributed by atoms with van der Waals surface area (Å²) in [7, 11) is 0. The summed E-state index contributed by atoms with van der Waals surface area (Å²) in [6, 6.07) is 5.29. The number of nitrogens with zero attached hydrogens (tertiary/aromatic N) is 1. The minimum Gasteiger partial charge on any atom is -0.478 e. The Morgan fingerprint density at radius 1 is 1.29 bits per heavy atom. The van der Waals surface area contributed by atoms with Gasteiger partial charge in [-0.2, -0.15) is 0 Å². The van der Waals surface area contributed by atoms with Crippen molar-refractivity contribution in [3.8, 4) is 11.1 Å². The van der Waals surface area contributed by atoms with Gasteiger partial charge in [-0.3, -0.25) is 4.98 Å². The van der Waals surface area contributed by atoms with Crippen LogP contribution < -0.4 is 0 Å². The van der Waals surface area contributed by atoms with Gasteiger partial charge in [0.2, 0.25) is 0 Å². The number of carbonyl (C=O) groups is 1. The van der Waals surface area contributed by atoms with Crippen molar-refractivity contribution in [1.82, 2.24) is 4.98 Å². The fraction of sp³-hybridized carbons (Fsp3) is 0. The normalized spacial score (nSPS) is 10.2. The van der Waals surface area contributed by atoms with Crippen LogP contribution in [0.4, 0.5) is 4.39 Å². The van der Waals surface area contributed by atoms with Crippen LogP contribution in [-0.2, 0) is 0 Å². The molecular weight excluding hydrogens is 245 g/mol. The molecule has 0 unspecified atom stereocenters. The molecule has 2 aromatic rings. The van der Waals surface area contributed by atoms with E-state index in [9.17, 15) is 9.18 Å². The van der Waals surface area contributed by atoms with Gasteiger partial charge >= 0.3 is 5.97 Å². The highest BCUT2D eigenvalue weighted by molar-refractivity contribution is 6.33. The molecule has 0 radical (unpaired) electrons. The number of benzene rings is 1. The van der Waals surface area contributed by atoms with E-state index in [0.717, 1.165) is 0 Å². The Morgan fingerprint density at radius 2 is 2.06 bits per heavy atom. The molecule has 0 aliphatic carbocycles. The number of carboxylic acids is 1. The molecule has 0 spiro atoms. The van der Waals surface area contributed by atoms with Crippen LogP contribution in [0.2, 0.25) is 5.02 Å². The number of carboxylic acid groups (broad SMARTS) is 1. The zero-order valence-corrected chi connectivity index (χ0v) is 9.28. The number of pyridine rings is 1. The Labute approximate surface area is 101 Å². The van der Waals surface area contributed by atoms with Crippen molar-refractivity contribution in [3.05, 3.63) is 53.1 Å². The molecule has 86 valence electrons. The summed E-state index contributed by atoms with van der Waals surface area (Å²) in [6.07, 6.45) is 2.66. The molecule has 1 N–H and O–H groups in total. The van der Waals surface area contributed by atoms with Gasteiger partial charge in [0, 0.05) is 28.5 Å². The average Bonchev–Trinajstić information content (AvgIpc) is 2.32. The Balaban J connectivity index is 2.56. The first-order valence-electron chi connectivity index (χ1n) is 4.71. The summed E-state index contributed by atoms with van der Waals surface area (Å²) >= 11 is 5.92. The highest BCUT2D eigenvalue weighted by Crippen LogP contribution is 2.28. The highest BCUT2D eigenvalue weighted by atomic mass is 35.5. The van der Waals surface area contributed by atoms with Gasteiger partial charge in [0.25, 0.3) is 0 Å². The second-order valence-electron chi connectivity index (χ2n) is 3.39. The zero-order chi connectivity index (χ0) is 12.4. The van der Waals surface area contributed by atoms with Gasteiger partial charge in [0.15, 0.2) is 0 Å². The Morgan fingerprint density at radius 3 is 2.76 bits per heavy atom. The van der Waals surface area contributed by atoms with E-state index < -0.39 is 11.8 Å². The van der Waals surface area contributed by atoms with E-state index in [1.54, 1.807) is 0 Å². The topological polar surface area (TPSA) is 50.2 Å². The van der Waals surface area contributed by atoms with Crippen molar-refractivity contribution in [2.45, 2.75) is 0 Å². The molecule has 1 heterocycles. The molecule has 0 fully saturated rings. The molecule has 0 bridgehead atoms. The largest absolute Gasteiger partial charge is 0.478 e. The Hall–Kier alpha value is -1.94. The smallest absolute Gasteiger partial charge is 0.337 e. The fourth-order valence-corrected chi connectivity index (χ4v) is 1.65. The maximum Gasteiger partial charge on any atom is 0.337 e. The van der Waals surface area contributed by atoms with E-state index in [1.165, 1.54) is 36.7 Å². The second kappa shape index (κ2) is 4.51. The lowest BCUT2D eigenvalue weighted by molar-refractivity contribution is 0.0696. The summed E-state index contributed by atoms with van der Waals surface area (Å²) in [5, 5.41) is 9.18. The van der Waals surface area contributed by atoms with Gasteiger partial charge in [-0.1, -0.05) is 11.6 Å². The van der Waals surface area contributed by atoms with Crippen LogP contribution in [0.25, 0.3) is 11.1 Å². The molecule has 1 aromatic heterocycles. The molecule has 0 aliphatic rings. The van der Waals surface area contributed by atoms with Crippen molar-refractivity contribution in [2.24, 2.45) is 0 Å². The number of aromatic carboxylic acids is 1. The number of hydrogen-bond acceptors (Lipinski definition) is 2. The minimum absolute atomic E-state index is 0.0304. The van der Waals surface area contributed by atoms with Gasteiger partial charge in [-0.25, -0.2) is 9.18 Å².